The number of carbonyl (C=O) groups is 1. The second-order valence-corrected chi connectivity index (χ2v) is 4.71. The normalized spacial score (nSPS) is 23.0. The van der Waals surface area contributed by atoms with Gasteiger partial charge in [0.25, 0.3) is 5.91 Å². The van der Waals surface area contributed by atoms with Gasteiger partial charge in [0.1, 0.15) is 0 Å². The summed E-state index contributed by atoms with van der Waals surface area (Å²) in [5, 5.41) is 1.52. The molecule has 92 valence electrons. The van der Waals surface area contributed by atoms with E-state index in [0.29, 0.717) is 0 Å². The predicted octanol–water partition coefficient (Wildman–Crippen LogP) is 3.11. The lowest BCUT2D eigenvalue weighted by Gasteiger charge is -2.33. The third-order valence-electron chi connectivity index (χ3n) is 3.57. The summed E-state index contributed by atoms with van der Waals surface area (Å²) in [6, 6.07) is 7.79. The summed E-state index contributed by atoms with van der Waals surface area (Å²) in [5.74, 6) is -0.0262. The number of carbonyl (C=O) groups excluding carboxylic acids is 1. The van der Waals surface area contributed by atoms with Crippen molar-refractivity contribution >= 4 is 5.91 Å². The molecule has 0 spiro atoms. The van der Waals surface area contributed by atoms with Crippen LogP contribution in [0, 0.1) is 0 Å². The standard InChI is InChI=1S/C14H19NO2/c1-4-5-10-14(2)12-9-7-6-8-11(12)13(16)15(14)17-3/h6-9H,4-5,10H2,1-3H3/t14-/m0/s1. The number of benzene rings is 1. The van der Waals surface area contributed by atoms with Crippen LogP contribution in [0.1, 0.15) is 49.0 Å². The summed E-state index contributed by atoms with van der Waals surface area (Å²) >= 11 is 0. The molecule has 1 aromatic carbocycles. The molecule has 0 aromatic heterocycles. The predicted molar refractivity (Wildman–Crippen MR) is 66.5 cm³/mol. The van der Waals surface area contributed by atoms with Crippen LogP contribution in [-0.4, -0.2) is 18.1 Å². The molecule has 3 heteroatoms. The molecule has 0 radical (unpaired) electrons. The minimum Gasteiger partial charge on any atom is -0.273 e. The molecule has 3 nitrogen and oxygen atoms in total. The van der Waals surface area contributed by atoms with E-state index in [1.165, 1.54) is 5.06 Å². The van der Waals surface area contributed by atoms with Crippen LogP contribution in [0.25, 0.3) is 0 Å². The zero-order chi connectivity index (χ0) is 12.5. The van der Waals surface area contributed by atoms with Crippen LogP contribution in [0.4, 0.5) is 0 Å². The Hall–Kier alpha value is -1.35. The van der Waals surface area contributed by atoms with Crippen LogP contribution in [0.15, 0.2) is 24.3 Å². The highest BCUT2D eigenvalue weighted by molar-refractivity contribution is 5.99. The maximum Gasteiger partial charge on any atom is 0.278 e. The molecular weight excluding hydrogens is 214 g/mol. The van der Waals surface area contributed by atoms with Crippen LogP contribution in [0.5, 0.6) is 0 Å². The van der Waals surface area contributed by atoms with Crippen molar-refractivity contribution in [3.8, 4) is 0 Å². The average molecular weight is 233 g/mol. The number of nitrogens with zero attached hydrogens (tertiary/aromatic N) is 1. The molecule has 1 aliphatic heterocycles. The van der Waals surface area contributed by atoms with Gasteiger partial charge in [-0.05, 0) is 25.0 Å². The molecule has 0 bridgehead atoms. The molecule has 1 heterocycles. The molecule has 1 aromatic rings. The van der Waals surface area contributed by atoms with Crippen LogP contribution in [0.2, 0.25) is 0 Å². The topological polar surface area (TPSA) is 29.5 Å². The van der Waals surface area contributed by atoms with Crippen LogP contribution < -0.4 is 0 Å². The number of rotatable bonds is 4. The van der Waals surface area contributed by atoms with Gasteiger partial charge in [-0.15, -0.1) is 0 Å². The first-order chi connectivity index (χ1) is 8.15. The number of fused-ring (bicyclic) bond motifs is 1. The van der Waals surface area contributed by atoms with Gasteiger partial charge in [-0.25, -0.2) is 5.06 Å². The lowest BCUT2D eigenvalue weighted by molar-refractivity contribution is -0.156. The number of hydrogen-bond acceptors (Lipinski definition) is 2. The zero-order valence-electron chi connectivity index (χ0n) is 10.7. The Morgan fingerprint density at radius 3 is 2.71 bits per heavy atom. The van der Waals surface area contributed by atoms with E-state index in [1.807, 2.05) is 24.3 Å². The highest BCUT2D eigenvalue weighted by Gasteiger charge is 2.46. The zero-order valence-corrected chi connectivity index (χ0v) is 10.7. The van der Waals surface area contributed by atoms with E-state index in [2.05, 4.69) is 13.8 Å². The first-order valence-corrected chi connectivity index (χ1v) is 6.13. The van der Waals surface area contributed by atoms with Gasteiger partial charge in [0.05, 0.1) is 12.6 Å². The largest absolute Gasteiger partial charge is 0.278 e. The fraction of sp³-hybridized carbons (Fsp3) is 0.500. The van der Waals surface area contributed by atoms with Crippen molar-refractivity contribution in [3.05, 3.63) is 35.4 Å². The minimum atomic E-state index is -0.321. The second kappa shape index (κ2) is 4.49. The molecule has 0 N–H and O–H groups in total. The van der Waals surface area contributed by atoms with Gasteiger partial charge in [-0.3, -0.25) is 9.63 Å². The smallest absolute Gasteiger partial charge is 0.273 e. The summed E-state index contributed by atoms with van der Waals surface area (Å²) in [5.41, 5.74) is 1.53. The van der Waals surface area contributed by atoms with Crippen molar-refractivity contribution in [2.24, 2.45) is 0 Å². The lowest BCUT2D eigenvalue weighted by Crippen LogP contribution is -2.40. The van der Waals surface area contributed by atoms with E-state index in [9.17, 15) is 4.79 Å². The SMILES string of the molecule is CCCC[C@@]1(C)c2ccccc2C(=O)N1OC. The highest BCUT2D eigenvalue weighted by Crippen LogP contribution is 2.42. The van der Waals surface area contributed by atoms with E-state index >= 15 is 0 Å². The number of hydrogen-bond donors (Lipinski definition) is 0. The Bertz CT molecular complexity index is 430. The second-order valence-electron chi connectivity index (χ2n) is 4.71. The van der Waals surface area contributed by atoms with Crippen molar-refractivity contribution in [2.45, 2.75) is 38.6 Å². The number of unbranched alkanes of at least 4 members (excludes halogenated alkanes) is 1. The van der Waals surface area contributed by atoms with Gasteiger partial charge in [-0.1, -0.05) is 38.0 Å². The third-order valence-corrected chi connectivity index (χ3v) is 3.57. The summed E-state index contributed by atoms with van der Waals surface area (Å²) in [4.78, 5) is 17.5. The monoisotopic (exact) mass is 233 g/mol. The Labute approximate surface area is 102 Å². The third kappa shape index (κ3) is 1.75. The summed E-state index contributed by atoms with van der Waals surface area (Å²) in [7, 11) is 1.56. The highest BCUT2D eigenvalue weighted by atomic mass is 16.7. The molecule has 1 aliphatic rings. The van der Waals surface area contributed by atoms with E-state index < -0.39 is 0 Å². The first-order valence-electron chi connectivity index (χ1n) is 6.13. The summed E-state index contributed by atoms with van der Waals surface area (Å²) < 4.78 is 0. The van der Waals surface area contributed by atoms with Crippen molar-refractivity contribution in [3.63, 3.8) is 0 Å². The molecule has 1 atom stereocenters. The Morgan fingerprint density at radius 1 is 1.35 bits per heavy atom. The van der Waals surface area contributed by atoms with Gasteiger partial charge >= 0.3 is 0 Å². The molecule has 0 aliphatic carbocycles. The van der Waals surface area contributed by atoms with Gasteiger partial charge in [-0.2, -0.15) is 0 Å². The van der Waals surface area contributed by atoms with Crippen molar-refractivity contribution in [2.75, 3.05) is 7.11 Å². The Kier molecular flexibility index (Phi) is 3.20. The van der Waals surface area contributed by atoms with Crippen molar-refractivity contribution in [1.82, 2.24) is 5.06 Å². The van der Waals surface area contributed by atoms with Gasteiger partial charge in [0, 0.05) is 5.56 Å². The lowest BCUT2D eigenvalue weighted by atomic mass is 9.87. The first kappa shape index (κ1) is 12.1. The Morgan fingerprint density at radius 2 is 2.06 bits per heavy atom. The van der Waals surface area contributed by atoms with Crippen LogP contribution in [0.3, 0.4) is 0 Å². The summed E-state index contributed by atoms with van der Waals surface area (Å²) in [6.45, 7) is 4.24. The fourth-order valence-corrected chi connectivity index (χ4v) is 2.62. The molecular formula is C14H19NO2. The fourth-order valence-electron chi connectivity index (χ4n) is 2.62. The molecule has 17 heavy (non-hydrogen) atoms. The average Bonchev–Trinajstić information content (AvgIpc) is 2.57. The maximum absolute atomic E-state index is 12.2. The molecule has 0 unspecified atom stereocenters. The molecule has 0 saturated carbocycles. The van der Waals surface area contributed by atoms with E-state index in [-0.39, 0.29) is 11.4 Å². The van der Waals surface area contributed by atoms with Crippen molar-refractivity contribution in [1.29, 1.82) is 0 Å². The molecule has 0 saturated heterocycles. The summed E-state index contributed by atoms with van der Waals surface area (Å²) in [6.07, 6.45) is 3.13. The van der Waals surface area contributed by atoms with Crippen LogP contribution in [-0.2, 0) is 10.4 Å². The molecule has 1 amide bonds. The van der Waals surface area contributed by atoms with E-state index in [1.54, 1.807) is 7.11 Å². The molecule has 2 rings (SSSR count). The van der Waals surface area contributed by atoms with Gasteiger partial charge in [0.15, 0.2) is 0 Å². The molecule has 0 fully saturated rings. The van der Waals surface area contributed by atoms with Crippen LogP contribution >= 0.6 is 0 Å². The van der Waals surface area contributed by atoms with Crippen molar-refractivity contribution < 1.29 is 9.63 Å². The van der Waals surface area contributed by atoms with E-state index in [0.717, 1.165) is 30.4 Å². The maximum atomic E-state index is 12.2. The van der Waals surface area contributed by atoms with Gasteiger partial charge < -0.3 is 0 Å². The van der Waals surface area contributed by atoms with E-state index in [4.69, 9.17) is 4.84 Å². The quantitative estimate of drug-likeness (QED) is 0.799. The number of amides is 1. The minimum absolute atomic E-state index is 0.0262. The Balaban J connectivity index is 2.45. The van der Waals surface area contributed by atoms with Gasteiger partial charge in [0.2, 0.25) is 0 Å². The number of hydroxylamine groups is 2.